The van der Waals surface area contributed by atoms with Gasteiger partial charge in [0.2, 0.25) is 5.95 Å². The molecule has 1 saturated heterocycles. The molecule has 0 unspecified atom stereocenters. The number of hydrogen-bond donors (Lipinski definition) is 1. The Morgan fingerprint density at radius 1 is 1.10 bits per heavy atom. The van der Waals surface area contributed by atoms with Crippen LogP contribution in [0.1, 0.15) is 0 Å². The van der Waals surface area contributed by atoms with Crippen molar-refractivity contribution in [3.63, 3.8) is 0 Å². The van der Waals surface area contributed by atoms with Gasteiger partial charge in [0.1, 0.15) is 11.2 Å². The lowest BCUT2D eigenvalue weighted by Crippen LogP contribution is -2.37. The average molecular weight is 284 g/mol. The van der Waals surface area contributed by atoms with E-state index in [9.17, 15) is 13.2 Å². The maximum absolute atomic E-state index is 14.4. The van der Waals surface area contributed by atoms with Crippen molar-refractivity contribution in [3.8, 4) is 0 Å². The molecule has 1 fully saturated rings. The minimum atomic E-state index is -1.25. The first kappa shape index (κ1) is 12.9. The minimum absolute atomic E-state index is 0.199. The van der Waals surface area contributed by atoms with Crippen molar-refractivity contribution in [2.45, 2.75) is 0 Å². The van der Waals surface area contributed by atoms with E-state index in [4.69, 9.17) is 10.5 Å². The fourth-order valence-corrected chi connectivity index (χ4v) is 2.22. The van der Waals surface area contributed by atoms with E-state index >= 15 is 0 Å². The summed E-state index contributed by atoms with van der Waals surface area (Å²) in [5.41, 5.74) is 4.62. The first-order valence-corrected chi connectivity index (χ1v) is 6.01. The predicted octanol–water partition coefficient (Wildman–Crippen LogP) is 1.47. The highest BCUT2D eigenvalue weighted by Crippen LogP contribution is 2.32. The second kappa shape index (κ2) is 4.78. The zero-order chi connectivity index (χ0) is 14.3. The third kappa shape index (κ3) is 1.92. The van der Waals surface area contributed by atoms with Crippen molar-refractivity contribution >= 4 is 22.5 Å². The number of anilines is 2. The highest BCUT2D eigenvalue weighted by molar-refractivity contribution is 5.84. The molecule has 2 heterocycles. The summed E-state index contributed by atoms with van der Waals surface area (Å²) < 4.78 is 47.6. The van der Waals surface area contributed by atoms with Gasteiger partial charge in [-0.05, 0) is 0 Å². The first-order valence-electron chi connectivity index (χ1n) is 6.01. The topological polar surface area (TPSA) is 64.3 Å². The van der Waals surface area contributed by atoms with E-state index in [1.165, 1.54) is 4.90 Å². The Morgan fingerprint density at radius 2 is 1.80 bits per heavy atom. The lowest BCUT2D eigenvalue weighted by molar-refractivity contribution is 0.122. The maximum Gasteiger partial charge on any atom is 0.220 e. The fourth-order valence-electron chi connectivity index (χ4n) is 2.22. The van der Waals surface area contributed by atoms with Crippen LogP contribution in [0.5, 0.6) is 0 Å². The predicted molar refractivity (Wildman–Crippen MR) is 66.9 cm³/mol. The molecule has 1 aliphatic heterocycles. The highest BCUT2D eigenvalue weighted by atomic mass is 19.2. The highest BCUT2D eigenvalue weighted by Gasteiger charge is 2.26. The molecule has 0 spiro atoms. The van der Waals surface area contributed by atoms with Gasteiger partial charge in [-0.3, -0.25) is 0 Å². The van der Waals surface area contributed by atoms with Crippen molar-refractivity contribution in [1.82, 2.24) is 9.97 Å². The quantitative estimate of drug-likeness (QED) is 0.803. The molecular formula is C12H11F3N4O. The summed E-state index contributed by atoms with van der Waals surface area (Å²) in [5, 5.41) is -0.328. The smallest absolute Gasteiger partial charge is 0.220 e. The van der Waals surface area contributed by atoms with Gasteiger partial charge in [0, 0.05) is 19.3 Å². The average Bonchev–Trinajstić information content (AvgIpc) is 2.46. The Bertz CT molecular complexity index is 674. The van der Waals surface area contributed by atoms with Crippen molar-refractivity contribution in [2.24, 2.45) is 0 Å². The van der Waals surface area contributed by atoms with Gasteiger partial charge >= 0.3 is 0 Å². The molecule has 106 valence electrons. The third-order valence-corrected chi connectivity index (χ3v) is 3.19. The van der Waals surface area contributed by atoms with Gasteiger partial charge in [0.25, 0.3) is 0 Å². The SMILES string of the molecule is Nc1ncc2c(F)c(F)c(N3CCOCC3)c(F)c2n1. The molecule has 0 saturated carbocycles. The fraction of sp³-hybridized carbons (Fsp3) is 0.333. The van der Waals surface area contributed by atoms with Crippen molar-refractivity contribution in [2.75, 3.05) is 36.9 Å². The Hall–Kier alpha value is -2.09. The monoisotopic (exact) mass is 284 g/mol. The number of ether oxygens (including phenoxy) is 1. The number of aromatic nitrogens is 2. The zero-order valence-corrected chi connectivity index (χ0v) is 10.4. The molecule has 0 amide bonds. The number of hydrogen-bond acceptors (Lipinski definition) is 5. The van der Waals surface area contributed by atoms with Crippen LogP contribution in [0.4, 0.5) is 24.8 Å². The van der Waals surface area contributed by atoms with Gasteiger partial charge in [-0.2, -0.15) is 0 Å². The Morgan fingerprint density at radius 3 is 2.50 bits per heavy atom. The second-order valence-electron chi connectivity index (χ2n) is 4.38. The molecule has 0 bridgehead atoms. The van der Waals surface area contributed by atoms with Gasteiger partial charge in [0.05, 0.1) is 18.6 Å². The molecule has 8 heteroatoms. The van der Waals surface area contributed by atoms with Gasteiger partial charge in [0.15, 0.2) is 17.5 Å². The van der Waals surface area contributed by atoms with Crippen LogP contribution in [-0.4, -0.2) is 36.3 Å². The molecule has 2 N–H and O–H groups in total. The largest absolute Gasteiger partial charge is 0.378 e. The van der Waals surface area contributed by atoms with Gasteiger partial charge in [-0.1, -0.05) is 0 Å². The molecule has 0 aliphatic carbocycles. The summed E-state index contributed by atoms with van der Waals surface area (Å²) in [6, 6.07) is 0. The number of nitrogens with zero attached hydrogens (tertiary/aromatic N) is 3. The molecule has 1 aliphatic rings. The normalized spacial score (nSPS) is 15.8. The second-order valence-corrected chi connectivity index (χ2v) is 4.38. The zero-order valence-electron chi connectivity index (χ0n) is 10.4. The van der Waals surface area contributed by atoms with Gasteiger partial charge in [-0.25, -0.2) is 23.1 Å². The van der Waals surface area contributed by atoms with Crippen LogP contribution in [0.2, 0.25) is 0 Å². The van der Waals surface area contributed by atoms with Crippen LogP contribution in [0, 0.1) is 17.5 Å². The lowest BCUT2D eigenvalue weighted by Gasteiger charge is -2.29. The Balaban J connectivity index is 2.25. The van der Waals surface area contributed by atoms with Crippen LogP contribution in [0.15, 0.2) is 6.20 Å². The van der Waals surface area contributed by atoms with E-state index in [1.54, 1.807) is 0 Å². The summed E-state index contributed by atoms with van der Waals surface area (Å²) in [4.78, 5) is 8.61. The number of fused-ring (bicyclic) bond motifs is 1. The molecule has 0 atom stereocenters. The number of nitrogens with two attached hydrogens (primary N) is 1. The lowest BCUT2D eigenvalue weighted by atomic mass is 10.1. The maximum atomic E-state index is 14.4. The summed E-state index contributed by atoms with van der Waals surface area (Å²) in [6.07, 6.45) is 0.974. The molecule has 1 aromatic carbocycles. The van der Waals surface area contributed by atoms with E-state index in [0.717, 1.165) is 6.20 Å². The molecule has 2 aromatic rings. The van der Waals surface area contributed by atoms with E-state index < -0.39 is 23.1 Å². The van der Waals surface area contributed by atoms with Crippen LogP contribution < -0.4 is 10.6 Å². The van der Waals surface area contributed by atoms with Crippen molar-refractivity contribution in [1.29, 1.82) is 0 Å². The number of rotatable bonds is 1. The Kier molecular flexibility index (Phi) is 3.09. The molecule has 0 radical (unpaired) electrons. The van der Waals surface area contributed by atoms with E-state index in [-0.39, 0.29) is 29.9 Å². The summed E-state index contributed by atoms with van der Waals surface area (Å²) in [6.45, 7) is 1.20. The van der Waals surface area contributed by atoms with E-state index in [1.807, 2.05) is 0 Å². The molecule has 1 aromatic heterocycles. The summed E-state index contributed by atoms with van der Waals surface area (Å²) in [5.74, 6) is -3.56. The Labute approximate surface area is 112 Å². The van der Waals surface area contributed by atoms with Crippen molar-refractivity contribution < 1.29 is 17.9 Å². The molecule has 20 heavy (non-hydrogen) atoms. The number of halogens is 3. The van der Waals surface area contributed by atoms with E-state index in [2.05, 4.69) is 9.97 Å². The number of morpholine rings is 1. The van der Waals surface area contributed by atoms with Crippen LogP contribution in [0.3, 0.4) is 0 Å². The van der Waals surface area contributed by atoms with Gasteiger partial charge < -0.3 is 15.4 Å². The number of nitrogen functional groups attached to an aromatic ring is 1. The standard InChI is InChI=1S/C12H11F3N4O/c13-7-6-5-17-12(16)18-10(6)9(15)11(8(7)14)19-1-3-20-4-2-19/h5H,1-4H2,(H2,16,17,18). The summed E-state index contributed by atoms with van der Waals surface area (Å²) >= 11 is 0. The molecular weight excluding hydrogens is 273 g/mol. The number of benzene rings is 1. The van der Waals surface area contributed by atoms with Crippen LogP contribution >= 0.6 is 0 Å². The molecule has 3 rings (SSSR count). The minimum Gasteiger partial charge on any atom is -0.378 e. The van der Waals surface area contributed by atoms with Gasteiger partial charge in [-0.15, -0.1) is 0 Å². The third-order valence-electron chi connectivity index (χ3n) is 3.19. The molecule has 5 nitrogen and oxygen atoms in total. The summed E-state index contributed by atoms with van der Waals surface area (Å²) in [7, 11) is 0. The van der Waals surface area contributed by atoms with Crippen LogP contribution in [0.25, 0.3) is 10.9 Å². The van der Waals surface area contributed by atoms with Crippen molar-refractivity contribution in [3.05, 3.63) is 23.6 Å². The first-order chi connectivity index (χ1) is 9.59. The van der Waals surface area contributed by atoms with Crippen LogP contribution in [-0.2, 0) is 4.74 Å². The van der Waals surface area contributed by atoms with E-state index in [0.29, 0.717) is 13.2 Å².